The molecule has 1 unspecified atom stereocenters. The van der Waals surface area contributed by atoms with Crippen molar-refractivity contribution >= 4 is 0 Å². The van der Waals surface area contributed by atoms with Gasteiger partial charge in [-0.25, -0.2) is 9.67 Å². The van der Waals surface area contributed by atoms with Gasteiger partial charge in [0.25, 0.3) is 0 Å². The van der Waals surface area contributed by atoms with Gasteiger partial charge in [-0.3, -0.25) is 4.90 Å². The van der Waals surface area contributed by atoms with E-state index in [-0.39, 0.29) is 0 Å². The van der Waals surface area contributed by atoms with E-state index in [1.807, 2.05) is 0 Å². The number of nitrogens with zero attached hydrogens (tertiary/aromatic N) is 4. The fourth-order valence-corrected chi connectivity index (χ4v) is 3.46. The van der Waals surface area contributed by atoms with Crippen LogP contribution in [-0.2, 0) is 24.3 Å². The van der Waals surface area contributed by atoms with Gasteiger partial charge >= 0.3 is 0 Å². The molecule has 24 heavy (non-hydrogen) atoms. The Morgan fingerprint density at radius 1 is 1.17 bits per heavy atom. The molecule has 1 aromatic heterocycles. The van der Waals surface area contributed by atoms with Gasteiger partial charge in [0.1, 0.15) is 12.4 Å². The van der Waals surface area contributed by atoms with Crippen LogP contribution in [0.4, 0.5) is 0 Å². The molecule has 1 aliphatic rings. The van der Waals surface area contributed by atoms with Crippen LogP contribution in [0.25, 0.3) is 0 Å². The lowest BCUT2D eigenvalue weighted by Gasteiger charge is -2.25. The van der Waals surface area contributed by atoms with Crippen molar-refractivity contribution in [3.05, 3.63) is 47.5 Å². The van der Waals surface area contributed by atoms with Crippen LogP contribution in [-0.4, -0.2) is 40.4 Å². The molecule has 1 fully saturated rings. The summed E-state index contributed by atoms with van der Waals surface area (Å²) in [7, 11) is 3.91. The number of hydrogen-bond donors (Lipinski definition) is 0. The quantitative estimate of drug-likeness (QED) is 0.817. The molecule has 0 N–H and O–H groups in total. The summed E-state index contributed by atoms with van der Waals surface area (Å²) in [6.07, 6.45) is 5.98. The van der Waals surface area contributed by atoms with E-state index in [1.54, 1.807) is 7.11 Å². The summed E-state index contributed by atoms with van der Waals surface area (Å²) in [4.78, 5) is 7.25. The zero-order valence-electron chi connectivity index (χ0n) is 14.8. The third-order valence-electron chi connectivity index (χ3n) is 4.79. The first-order chi connectivity index (χ1) is 11.8. The molecule has 1 aromatic carbocycles. The molecule has 0 aliphatic carbocycles. The first kappa shape index (κ1) is 17.1. The highest BCUT2D eigenvalue weighted by Gasteiger charge is 2.25. The average molecular weight is 328 g/mol. The predicted molar refractivity (Wildman–Crippen MR) is 94.7 cm³/mol. The second-order valence-corrected chi connectivity index (χ2v) is 6.62. The van der Waals surface area contributed by atoms with Crippen molar-refractivity contribution in [3.63, 3.8) is 0 Å². The minimum absolute atomic E-state index is 0.362. The molecule has 0 radical (unpaired) electrons. The van der Waals surface area contributed by atoms with Gasteiger partial charge in [0.05, 0.1) is 6.04 Å². The molecule has 0 bridgehead atoms. The van der Waals surface area contributed by atoms with Crippen LogP contribution in [0.3, 0.4) is 0 Å². The summed E-state index contributed by atoms with van der Waals surface area (Å²) in [6.45, 7) is 2.47. The van der Waals surface area contributed by atoms with Crippen LogP contribution in [0.5, 0.6) is 0 Å². The highest BCUT2D eigenvalue weighted by atomic mass is 16.5. The van der Waals surface area contributed by atoms with Crippen molar-refractivity contribution in [1.82, 2.24) is 19.7 Å². The van der Waals surface area contributed by atoms with E-state index in [2.05, 4.69) is 47.0 Å². The Morgan fingerprint density at radius 3 is 2.79 bits per heavy atom. The molecule has 2 heterocycles. The molecule has 5 nitrogen and oxygen atoms in total. The van der Waals surface area contributed by atoms with Crippen LogP contribution in [0.2, 0.25) is 0 Å². The van der Waals surface area contributed by atoms with E-state index in [9.17, 15) is 0 Å². The van der Waals surface area contributed by atoms with Gasteiger partial charge in [0.15, 0.2) is 5.82 Å². The standard InChI is InChI=1S/C19H28N4O/c1-22-13-8-4-7-11-17(22)19-20-18(15-24-2)21-23(19)14-12-16-9-5-3-6-10-16/h3,5-6,9-10,17H,4,7-8,11-15H2,1-2H3. The van der Waals surface area contributed by atoms with Gasteiger partial charge in [0.2, 0.25) is 0 Å². The molecule has 1 saturated heterocycles. The summed E-state index contributed by atoms with van der Waals surface area (Å²) >= 11 is 0. The van der Waals surface area contributed by atoms with Crippen molar-refractivity contribution in [3.8, 4) is 0 Å². The van der Waals surface area contributed by atoms with Gasteiger partial charge in [-0.2, -0.15) is 5.10 Å². The van der Waals surface area contributed by atoms with Crippen LogP contribution < -0.4 is 0 Å². The molecule has 1 aliphatic heterocycles. The second kappa shape index (κ2) is 8.40. The number of likely N-dealkylation sites (tertiary alicyclic amines) is 1. The Morgan fingerprint density at radius 2 is 2.00 bits per heavy atom. The zero-order valence-corrected chi connectivity index (χ0v) is 14.8. The maximum atomic E-state index is 5.25. The van der Waals surface area contributed by atoms with Crippen molar-refractivity contribution in [2.45, 2.75) is 51.3 Å². The normalized spacial score (nSPS) is 19.3. The van der Waals surface area contributed by atoms with Crippen LogP contribution in [0, 0.1) is 0 Å². The smallest absolute Gasteiger partial charge is 0.176 e. The molecule has 0 saturated carbocycles. The largest absolute Gasteiger partial charge is 0.377 e. The number of benzene rings is 1. The summed E-state index contributed by atoms with van der Waals surface area (Å²) in [5.74, 6) is 1.89. The number of ether oxygens (including phenoxy) is 1. The van der Waals surface area contributed by atoms with Crippen molar-refractivity contribution in [2.24, 2.45) is 0 Å². The lowest BCUT2D eigenvalue weighted by Crippen LogP contribution is -2.27. The monoisotopic (exact) mass is 328 g/mol. The fraction of sp³-hybridized carbons (Fsp3) is 0.579. The molecule has 0 spiro atoms. The Bertz CT molecular complexity index is 626. The topological polar surface area (TPSA) is 43.2 Å². The molecule has 1 atom stereocenters. The lowest BCUT2D eigenvalue weighted by molar-refractivity contribution is 0.177. The van der Waals surface area contributed by atoms with Crippen LogP contribution in [0.1, 0.15) is 48.9 Å². The number of aromatic nitrogens is 3. The van der Waals surface area contributed by atoms with E-state index in [4.69, 9.17) is 14.8 Å². The molecular weight excluding hydrogens is 300 g/mol. The number of rotatable bonds is 6. The van der Waals surface area contributed by atoms with Gasteiger partial charge in [-0.05, 0) is 38.4 Å². The van der Waals surface area contributed by atoms with E-state index in [0.717, 1.165) is 37.6 Å². The molecule has 5 heteroatoms. The molecule has 0 amide bonds. The summed E-state index contributed by atoms with van der Waals surface area (Å²) in [5.41, 5.74) is 1.33. The third kappa shape index (κ3) is 4.22. The summed E-state index contributed by atoms with van der Waals surface area (Å²) in [5, 5.41) is 4.71. The zero-order chi connectivity index (χ0) is 16.8. The van der Waals surface area contributed by atoms with E-state index >= 15 is 0 Å². The van der Waals surface area contributed by atoms with Crippen molar-refractivity contribution in [2.75, 3.05) is 20.7 Å². The maximum absolute atomic E-state index is 5.25. The molecular formula is C19H28N4O. The fourth-order valence-electron chi connectivity index (χ4n) is 3.46. The Hall–Kier alpha value is -1.72. The predicted octanol–water partition coefficient (Wildman–Crippen LogP) is 3.21. The summed E-state index contributed by atoms with van der Waals surface area (Å²) < 4.78 is 7.35. The van der Waals surface area contributed by atoms with Crippen LogP contribution >= 0.6 is 0 Å². The minimum atomic E-state index is 0.362. The Kier molecular flexibility index (Phi) is 5.99. The maximum Gasteiger partial charge on any atom is 0.176 e. The Balaban J connectivity index is 1.80. The average Bonchev–Trinajstić information content (AvgIpc) is 2.87. The molecule has 3 rings (SSSR count). The molecule has 130 valence electrons. The number of methoxy groups -OCH3 is 1. The van der Waals surface area contributed by atoms with Crippen molar-refractivity contribution < 1.29 is 4.74 Å². The Labute approximate surface area is 144 Å². The highest BCUT2D eigenvalue weighted by Crippen LogP contribution is 2.28. The van der Waals surface area contributed by atoms with Gasteiger partial charge in [-0.1, -0.05) is 43.2 Å². The van der Waals surface area contributed by atoms with Crippen molar-refractivity contribution in [1.29, 1.82) is 0 Å². The van der Waals surface area contributed by atoms with E-state index in [0.29, 0.717) is 12.6 Å². The van der Waals surface area contributed by atoms with Gasteiger partial charge in [-0.15, -0.1) is 0 Å². The number of hydrogen-bond acceptors (Lipinski definition) is 4. The van der Waals surface area contributed by atoms with Crippen LogP contribution in [0.15, 0.2) is 30.3 Å². The third-order valence-corrected chi connectivity index (χ3v) is 4.79. The highest BCUT2D eigenvalue weighted by molar-refractivity contribution is 5.14. The minimum Gasteiger partial charge on any atom is -0.377 e. The van der Waals surface area contributed by atoms with Gasteiger partial charge < -0.3 is 4.74 Å². The molecule has 2 aromatic rings. The second-order valence-electron chi connectivity index (χ2n) is 6.62. The van der Waals surface area contributed by atoms with E-state index < -0.39 is 0 Å². The lowest BCUT2D eigenvalue weighted by atomic mass is 10.1. The SMILES string of the molecule is COCc1nc(C2CCCCCN2C)n(CCc2ccccc2)n1. The first-order valence-corrected chi connectivity index (χ1v) is 8.94. The van der Waals surface area contributed by atoms with E-state index in [1.165, 1.54) is 24.8 Å². The van der Waals surface area contributed by atoms with Gasteiger partial charge in [0, 0.05) is 13.7 Å². The number of aryl methyl sites for hydroxylation is 2. The summed E-state index contributed by atoms with van der Waals surface area (Å²) in [6, 6.07) is 10.9. The first-order valence-electron chi connectivity index (χ1n) is 8.94.